The van der Waals surface area contributed by atoms with Crippen LogP contribution in [0.4, 0.5) is 5.82 Å². The average molecular weight is 477 g/mol. The Balaban J connectivity index is 1.34. The number of nitrogen functional groups attached to an aromatic ring is 1. The Bertz CT molecular complexity index is 1500. The van der Waals surface area contributed by atoms with Crippen molar-refractivity contribution in [1.29, 1.82) is 0 Å². The van der Waals surface area contributed by atoms with Crippen molar-refractivity contribution in [2.75, 3.05) is 12.3 Å². The van der Waals surface area contributed by atoms with Crippen molar-refractivity contribution in [3.8, 4) is 22.5 Å². The van der Waals surface area contributed by atoms with E-state index in [1.807, 2.05) is 24.4 Å². The molecular formula is C30H32N6. The van der Waals surface area contributed by atoms with Crippen LogP contribution in [0.5, 0.6) is 0 Å². The van der Waals surface area contributed by atoms with Gasteiger partial charge in [0.05, 0.1) is 11.2 Å². The lowest BCUT2D eigenvalue weighted by Crippen LogP contribution is -2.41. The monoisotopic (exact) mass is 476 g/mol. The van der Waals surface area contributed by atoms with E-state index in [9.17, 15) is 0 Å². The molecule has 0 bridgehead atoms. The molecule has 0 spiro atoms. The summed E-state index contributed by atoms with van der Waals surface area (Å²) in [6.07, 6.45) is 9.76. The van der Waals surface area contributed by atoms with Gasteiger partial charge in [-0.3, -0.25) is 4.40 Å². The number of hydrogen-bond donors (Lipinski definition) is 2. The van der Waals surface area contributed by atoms with E-state index >= 15 is 0 Å². The number of fused-ring (bicyclic) bond motifs is 2. The molecule has 1 saturated carbocycles. The molecule has 5 aromatic rings. The predicted octanol–water partition coefficient (Wildman–Crippen LogP) is 6.22. The number of unbranched alkanes of at least 4 members (excludes halogenated alkanes) is 2. The highest BCUT2D eigenvalue weighted by Gasteiger charge is 2.34. The summed E-state index contributed by atoms with van der Waals surface area (Å²) in [4.78, 5) is 14.5. The standard InChI is InChI=1S/C30H32N6/c1-2-3-7-14-32-24-17-23(18-24)30-35-27(28-29(31)33-15-16-36(28)30)22-11-10-21-12-13-25(34-26(21)19-22)20-8-5-4-6-9-20/h4-6,8-13,15-16,19,23-24,32H,2-3,7,14,17-18H2,1H3,(H2,31,33). The number of imidazole rings is 1. The van der Waals surface area contributed by atoms with Gasteiger partial charge in [-0.1, -0.05) is 68.3 Å². The van der Waals surface area contributed by atoms with Gasteiger partial charge in [0.1, 0.15) is 22.9 Å². The molecule has 182 valence electrons. The van der Waals surface area contributed by atoms with Crippen LogP contribution in [0.25, 0.3) is 38.9 Å². The van der Waals surface area contributed by atoms with Crippen molar-refractivity contribution in [3.63, 3.8) is 0 Å². The number of nitrogens with zero attached hydrogens (tertiary/aromatic N) is 4. The van der Waals surface area contributed by atoms with Gasteiger partial charge in [-0.15, -0.1) is 0 Å². The fraction of sp³-hybridized carbons (Fsp3) is 0.300. The second-order valence-electron chi connectivity index (χ2n) is 9.85. The predicted molar refractivity (Wildman–Crippen MR) is 147 cm³/mol. The van der Waals surface area contributed by atoms with E-state index in [1.54, 1.807) is 6.20 Å². The van der Waals surface area contributed by atoms with Gasteiger partial charge >= 0.3 is 0 Å². The summed E-state index contributed by atoms with van der Waals surface area (Å²) >= 11 is 0. The summed E-state index contributed by atoms with van der Waals surface area (Å²) in [5.41, 5.74) is 12.2. The molecule has 0 saturated heterocycles. The Morgan fingerprint density at radius 2 is 1.81 bits per heavy atom. The molecule has 0 radical (unpaired) electrons. The zero-order valence-corrected chi connectivity index (χ0v) is 20.7. The molecule has 3 aromatic heterocycles. The first-order valence-corrected chi connectivity index (χ1v) is 13.0. The third kappa shape index (κ3) is 4.22. The van der Waals surface area contributed by atoms with Gasteiger partial charge in [-0.05, 0) is 37.9 Å². The molecule has 6 rings (SSSR count). The van der Waals surface area contributed by atoms with Crippen molar-refractivity contribution in [2.24, 2.45) is 0 Å². The SMILES string of the molecule is CCCCCNC1CC(c2nc(-c3ccc4ccc(-c5ccccc5)nc4c3)c3c(N)nccn23)C1. The Morgan fingerprint density at radius 3 is 2.64 bits per heavy atom. The first kappa shape index (κ1) is 22.7. The summed E-state index contributed by atoms with van der Waals surface area (Å²) < 4.78 is 2.15. The van der Waals surface area contributed by atoms with Gasteiger partial charge in [0.2, 0.25) is 0 Å². The van der Waals surface area contributed by atoms with Gasteiger partial charge in [0, 0.05) is 40.9 Å². The van der Waals surface area contributed by atoms with E-state index in [4.69, 9.17) is 15.7 Å². The summed E-state index contributed by atoms with van der Waals surface area (Å²) in [5.74, 6) is 2.00. The molecule has 36 heavy (non-hydrogen) atoms. The highest BCUT2D eigenvalue weighted by molar-refractivity contribution is 5.91. The molecule has 0 aliphatic heterocycles. The molecule has 0 unspecified atom stereocenters. The van der Waals surface area contributed by atoms with Crippen LogP contribution in [-0.2, 0) is 0 Å². The molecule has 2 aromatic carbocycles. The molecule has 1 fully saturated rings. The number of rotatable bonds is 8. The smallest absolute Gasteiger partial charge is 0.150 e. The summed E-state index contributed by atoms with van der Waals surface area (Å²) in [6, 6.07) is 21.4. The molecule has 0 amide bonds. The van der Waals surface area contributed by atoms with E-state index in [0.717, 1.165) is 64.1 Å². The van der Waals surface area contributed by atoms with Crippen LogP contribution in [0, 0.1) is 0 Å². The minimum atomic E-state index is 0.417. The molecule has 1 aliphatic rings. The Labute approximate surface area is 211 Å². The average Bonchev–Trinajstić information content (AvgIpc) is 3.28. The van der Waals surface area contributed by atoms with Crippen LogP contribution < -0.4 is 11.1 Å². The van der Waals surface area contributed by atoms with E-state index in [1.165, 1.54) is 19.3 Å². The zero-order valence-electron chi connectivity index (χ0n) is 20.7. The molecule has 3 heterocycles. The van der Waals surface area contributed by atoms with Gasteiger partial charge in [-0.25, -0.2) is 15.0 Å². The quantitative estimate of drug-likeness (QED) is 0.260. The van der Waals surface area contributed by atoms with Crippen molar-refractivity contribution < 1.29 is 0 Å². The highest BCUT2D eigenvalue weighted by Crippen LogP contribution is 2.40. The van der Waals surface area contributed by atoms with Crippen LogP contribution in [0.15, 0.2) is 73.1 Å². The second kappa shape index (κ2) is 9.70. The van der Waals surface area contributed by atoms with E-state index in [-0.39, 0.29) is 0 Å². The first-order chi connectivity index (χ1) is 17.7. The van der Waals surface area contributed by atoms with Gasteiger partial charge in [0.15, 0.2) is 0 Å². The summed E-state index contributed by atoms with van der Waals surface area (Å²) in [6.45, 7) is 3.35. The van der Waals surface area contributed by atoms with Crippen molar-refractivity contribution >= 4 is 22.2 Å². The Morgan fingerprint density at radius 1 is 0.972 bits per heavy atom. The highest BCUT2D eigenvalue weighted by atomic mass is 15.1. The maximum absolute atomic E-state index is 6.40. The van der Waals surface area contributed by atoms with Gasteiger partial charge in [0.25, 0.3) is 0 Å². The lowest BCUT2D eigenvalue weighted by atomic mass is 9.79. The Kier molecular flexibility index (Phi) is 6.11. The topological polar surface area (TPSA) is 81.1 Å². The molecule has 0 atom stereocenters. The summed E-state index contributed by atoms with van der Waals surface area (Å²) in [7, 11) is 0. The minimum absolute atomic E-state index is 0.417. The number of aromatic nitrogens is 4. The first-order valence-electron chi connectivity index (χ1n) is 13.0. The maximum atomic E-state index is 6.40. The number of nitrogens with two attached hydrogens (primary N) is 1. The van der Waals surface area contributed by atoms with Gasteiger partial charge in [-0.2, -0.15) is 0 Å². The van der Waals surface area contributed by atoms with E-state index in [0.29, 0.717) is 17.8 Å². The molecular weight excluding hydrogens is 444 g/mol. The molecule has 6 nitrogen and oxygen atoms in total. The molecule has 6 heteroatoms. The van der Waals surface area contributed by atoms with Crippen LogP contribution in [-0.4, -0.2) is 31.9 Å². The Hall–Kier alpha value is -3.77. The minimum Gasteiger partial charge on any atom is -0.382 e. The fourth-order valence-corrected chi connectivity index (χ4v) is 5.29. The van der Waals surface area contributed by atoms with Crippen LogP contribution >= 0.6 is 0 Å². The third-order valence-corrected chi connectivity index (χ3v) is 7.36. The summed E-state index contributed by atoms with van der Waals surface area (Å²) in [5, 5.41) is 4.81. The van der Waals surface area contributed by atoms with Crippen LogP contribution in [0.3, 0.4) is 0 Å². The maximum Gasteiger partial charge on any atom is 0.150 e. The number of nitrogens with one attached hydrogen (secondary N) is 1. The van der Waals surface area contributed by atoms with E-state index in [2.05, 4.69) is 64.1 Å². The van der Waals surface area contributed by atoms with Crippen LogP contribution in [0.2, 0.25) is 0 Å². The molecule has 1 aliphatic carbocycles. The lowest BCUT2D eigenvalue weighted by molar-refractivity contribution is 0.280. The lowest BCUT2D eigenvalue weighted by Gasteiger charge is -2.35. The van der Waals surface area contributed by atoms with Crippen molar-refractivity contribution in [2.45, 2.75) is 51.0 Å². The van der Waals surface area contributed by atoms with Gasteiger partial charge < -0.3 is 11.1 Å². The third-order valence-electron chi connectivity index (χ3n) is 7.36. The van der Waals surface area contributed by atoms with Crippen LogP contribution in [0.1, 0.15) is 50.8 Å². The normalized spacial score (nSPS) is 17.5. The number of benzene rings is 2. The molecule has 3 N–H and O–H groups in total. The largest absolute Gasteiger partial charge is 0.382 e. The zero-order chi connectivity index (χ0) is 24.5. The fourth-order valence-electron chi connectivity index (χ4n) is 5.29. The van der Waals surface area contributed by atoms with Crippen molar-refractivity contribution in [1.82, 2.24) is 24.7 Å². The number of anilines is 1. The number of pyridine rings is 1. The number of hydrogen-bond acceptors (Lipinski definition) is 5. The van der Waals surface area contributed by atoms with E-state index < -0.39 is 0 Å². The van der Waals surface area contributed by atoms with Crippen molar-refractivity contribution in [3.05, 3.63) is 78.9 Å². The second-order valence-corrected chi connectivity index (χ2v) is 9.85.